The molecule has 0 saturated carbocycles. The normalized spacial score (nSPS) is 10.4. The van der Waals surface area contributed by atoms with Crippen molar-refractivity contribution in [2.75, 3.05) is 30.9 Å². The quantitative estimate of drug-likeness (QED) is 0.758. The average Bonchev–Trinajstić information content (AvgIpc) is 2.55. The standard InChI is InChI=1S/C17H20ClN3O2/c1-12-4-5-13(10-15(12)18)21-17(22)16-7-6-14(11-20-16)19-8-3-9-23-2/h4-7,10-11,19H,3,8-9H2,1-2H3,(H,21,22). The van der Waals surface area contributed by atoms with Gasteiger partial charge in [-0.1, -0.05) is 17.7 Å². The lowest BCUT2D eigenvalue weighted by Gasteiger charge is -2.08. The molecule has 1 heterocycles. The number of carbonyl (C=O) groups excluding carboxylic acids is 1. The summed E-state index contributed by atoms with van der Waals surface area (Å²) in [6, 6.07) is 8.91. The van der Waals surface area contributed by atoms with Crippen LogP contribution in [-0.4, -0.2) is 31.2 Å². The SMILES string of the molecule is COCCCNc1ccc(C(=O)Nc2ccc(C)c(Cl)c2)nc1. The fraction of sp³-hybridized carbons (Fsp3) is 0.294. The van der Waals surface area contributed by atoms with E-state index in [1.54, 1.807) is 25.4 Å². The van der Waals surface area contributed by atoms with E-state index in [1.807, 2.05) is 25.1 Å². The van der Waals surface area contributed by atoms with Crippen LogP contribution in [0, 0.1) is 6.92 Å². The molecule has 0 fully saturated rings. The van der Waals surface area contributed by atoms with Gasteiger partial charge in [0.25, 0.3) is 5.91 Å². The average molecular weight is 334 g/mol. The van der Waals surface area contributed by atoms with Crippen molar-refractivity contribution < 1.29 is 9.53 Å². The van der Waals surface area contributed by atoms with Gasteiger partial charge in [-0.2, -0.15) is 0 Å². The van der Waals surface area contributed by atoms with Crippen LogP contribution < -0.4 is 10.6 Å². The van der Waals surface area contributed by atoms with E-state index in [9.17, 15) is 4.79 Å². The summed E-state index contributed by atoms with van der Waals surface area (Å²) in [5.74, 6) is -0.268. The lowest BCUT2D eigenvalue weighted by molar-refractivity contribution is 0.102. The van der Waals surface area contributed by atoms with Gasteiger partial charge in [-0.15, -0.1) is 0 Å². The van der Waals surface area contributed by atoms with E-state index in [1.165, 1.54) is 0 Å². The molecule has 2 rings (SSSR count). The van der Waals surface area contributed by atoms with Gasteiger partial charge in [-0.05, 0) is 43.2 Å². The molecule has 1 aromatic heterocycles. The molecule has 5 nitrogen and oxygen atoms in total. The molecule has 122 valence electrons. The van der Waals surface area contributed by atoms with E-state index in [0.717, 1.165) is 24.2 Å². The maximum absolute atomic E-state index is 12.2. The topological polar surface area (TPSA) is 63.2 Å². The predicted octanol–water partition coefficient (Wildman–Crippen LogP) is 3.74. The molecule has 1 aromatic carbocycles. The van der Waals surface area contributed by atoms with E-state index in [2.05, 4.69) is 15.6 Å². The maximum Gasteiger partial charge on any atom is 0.274 e. The monoisotopic (exact) mass is 333 g/mol. The van der Waals surface area contributed by atoms with Crippen LogP contribution in [0.15, 0.2) is 36.5 Å². The fourth-order valence-corrected chi connectivity index (χ4v) is 2.13. The highest BCUT2D eigenvalue weighted by atomic mass is 35.5. The third-order valence-corrected chi connectivity index (χ3v) is 3.69. The van der Waals surface area contributed by atoms with Crippen LogP contribution in [-0.2, 0) is 4.74 Å². The number of methoxy groups -OCH3 is 1. The molecule has 1 amide bonds. The first kappa shape index (κ1) is 17.2. The third kappa shape index (κ3) is 5.23. The first-order chi connectivity index (χ1) is 11.1. The van der Waals surface area contributed by atoms with Gasteiger partial charge in [0.15, 0.2) is 0 Å². The van der Waals surface area contributed by atoms with Crippen molar-refractivity contribution in [1.29, 1.82) is 0 Å². The Kier molecular flexibility index (Phi) is 6.38. The zero-order valence-electron chi connectivity index (χ0n) is 13.2. The molecule has 0 spiro atoms. The van der Waals surface area contributed by atoms with E-state index < -0.39 is 0 Å². The summed E-state index contributed by atoms with van der Waals surface area (Å²) in [4.78, 5) is 16.3. The number of aromatic nitrogens is 1. The first-order valence-electron chi connectivity index (χ1n) is 7.36. The molecule has 0 radical (unpaired) electrons. The summed E-state index contributed by atoms with van der Waals surface area (Å²) in [6.07, 6.45) is 2.55. The molecule has 0 aliphatic heterocycles. The van der Waals surface area contributed by atoms with E-state index in [4.69, 9.17) is 16.3 Å². The Morgan fingerprint density at radius 1 is 1.26 bits per heavy atom. The highest BCUT2D eigenvalue weighted by Gasteiger charge is 2.08. The van der Waals surface area contributed by atoms with Crippen LogP contribution in [0.5, 0.6) is 0 Å². The number of hydrogen-bond acceptors (Lipinski definition) is 4. The van der Waals surface area contributed by atoms with Crippen molar-refractivity contribution in [3.63, 3.8) is 0 Å². The van der Waals surface area contributed by atoms with E-state index >= 15 is 0 Å². The molecular formula is C17H20ClN3O2. The Labute approximate surface area is 141 Å². The molecule has 0 saturated heterocycles. The van der Waals surface area contributed by atoms with Crippen molar-refractivity contribution in [2.45, 2.75) is 13.3 Å². The van der Waals surface area contributed by atoms with Crippen molar-refractivity contribution >= 4 is 28.9 Å². The van der Waals surface area contributed by atoms with Gasteiger partial charge in [0.1, 0.15) is 5.69 Å². The lowest BCUT2D eigenvalue weighted by Crippen LogP contribution is -2.14. The van der Waals surface area contributed by atoms with Gasteiger partial charge in [-0.25, -0.2) is 4.98 Å². The minimum Gasteiger partial charge on any atom is -0.385 e. The number of aryl methyl sites for hydroxylation is 1. The van der Waals surface area contributed by atoms with Gasteiger partial charge in [0, 0.05) is 31.0 Å². The van der Waals surface area contributed by atoms with Gasteiger partial charge >= 0.3 is 0 Å². The number of pyridine rings is 1. The summed E-state index contributed by atoms with van der Waals surface area (Å²) in [5.41, 5.74) is 2.83. The van der Waals surface area contributed by atoms with Crippen LogP contribution >= 0.6 is 11.6 Å². The Morgan fingerprint density at radius 2 is 2.04 bits per heavy atom. The lowest BCUT2D eigenvalue weighted by atomic mass is 10.2. The number of benzene rings is 1. The first-order valence-corrected chi connectivity index (χ1v) is 7.74. The molecule has 0 unspecified atom stereocenters. The Balaban J connectivity index is 1.93. The molecular weight excluding hydrogens is 314 g/mol. The number of anilines is 2. The van der Waals surface area contributed by atoms with Gasteiger partial charge in [0.2, 0.25) is 0 Å². The molecule has 0 atom stereocenters. The van der Waals surface area contributed by atoms with E-state index in [-0.39, 0.29) is 5.91 Å². The number of nitrogens with one attached hydrogen (secondary N) is 2. The number of halogens is 1. The molecule has 6 heteroatoms. The molecule has 0 aliphatic rings. The van der Waals surface area contributed by atoms with Crippen molar-refractivity contribution in [3.8, 4) is 0 Å². The zero-order chi connectivity index (χ0) is 16.7. The molecule has 2 N–H and O–H groups in total. The number of hydrogen-bond donors (Lipinski definition) is 2. The zero-order valence-corrected chi connectivity index (χ0v) is 14.0. The van der Waals surface area contributed by atoms with Crippen molar-refractivity contribution in [3.05, 3.63) is 52.8 Å². The Hall–Kier alpha value is -2.11. The summed E-state index contributed by atoms with van der Waals surface area (Å²) >= 11 is 6.05. The van der Waals surface area contributed by atoms with Gasteiger partial charge in [0.05, 0.1) is 11.9 Å². The van der Waals surface area contributed by atoms with Crippen LogP contribution in [0.4, 0.5) is 11.4 Å². The van der Waals surface area contributed by atoms with E-state index in [0.29, 0.717) is 23.0 Å². The summed E-state index contributed by atoms with van der Waals surface area (Å²) in [7, 11) is 1.68. The largest absolute Gasteiger partial charge is 0.385 e. The molecule has 0 bridgehead atoms. The third-order valence-electron chi connectivity index (χ3n) is 3.28. The molecule has 0 aliphatic carbocycles. The second-order valence-electron chi connectivity index (χ2n) is 5.12. The summed E-state index contributed by atoms with van der Waals surface area (Å²) in [6.45, 7) is 3.41. The van der Waals surface area contributed by atoms with Gasteiger partial charge < -0.3 is 15.4 Å². The fourth-order valence-electron chi connectivity index (χ4n) is 1.95. The highest BCUT2D eigenvalue weighted by molar-refractivity contribution is 6.31. The number of amides is 1. The summed E-state index contributed by atoms with van der Waals surface area (Å²) in [5, 5.41) is 6.62. The minimum atomic E-state index is -0.268. The number of carbonyl (C=O) groups is 1. The second kappa shape index (κ2) is 8.50. The Bertz CT molecular complexity index is 659. The van der Waals surface area contributed by atoms with Gasteiger partial charge in [-0.3, -0.25) is 4.79 Å². The number of nitrogens with zero attached hydrogens (tertiary/aromatic N) is 1. The maximum atomic E-state index is 12.2. The van der Waals surface area contributed by atoms with Crippen LogP contribution in [0.2, 0.25) is 5.02 Å². The van der Waals surface area contributed by atoms with Crippen molar-refractivity contribution in [1.82, 2.24) is 4.98 Å². The highest BCUT2D eigenvalue weighted by Crippen LogP contribution is 2.20. The molecule has 23 heavy (non-hydrogen) atoms. The Morgan fingerprint density at radius 3 is 2.70 bits per heavy atom. The summed E-state index contributed by atoms with van der Waals surface area (Å²) < 4.78 is 4.98. The number of ether oxygens (including phenoxy) is 1. The minimum absolute atomic E-state index is 0.268. The molecule has 2 aromatic rings. The smallest absolute Gasteiger partial charge is 0.274 e. The van der Waals surface area contributed by atoms with Crippen LogP contribution in [0.1, 0.15) is 22.5 Å². The predicted molar refractivity (Wildman–Crippen MR) is 93.4 cm³/mol. The second-order valence-corrected chi connectivity index (χ2v) is 5.53. The number of rotatable bonds is 7. The van der Waals surface area contributed by atoms with Crippen LogP contribution in [0.25, 0.3) is 0 Å². The van der Waals surface area contributed by atoms with Crippen molar-refractivity contribution in [2.24, 2.45) is 0 Å². The van der Waals surface area contributed by atoms with Crippen LogP contribution in [0.3, 0.4) is 0 Å².